The molecule has 0 rings (SSSR count). The van der Waals surface area contributed by atoms with Crippen LogP contribution in [0, 0.1) is 0 Å². The van der Waals surface area contributed by atoms with E-state index in [-0.39, 0.29) is 0 Å². The number of nitrogens with two attached hydrogens (primary N) is 1. The van der Waals surface area contributed by atoms with Crippen molar-refractivity contribution in [1.82, 2.24) is 10.2 Å². The highest BCUT2D eigenvalue weighted by Gasteiger charge is 2.11. The summed E-state index contributed by atoms with van der Waals surface area (Å²) < 4.78 is 0. The van der Waals surface area contributed by atoms with Gasteiger partial charge in [0.25, 0.3) is 0 Å². The second-order valence-electron chi connectivity index (χ2n) is 3.28. The molecule has 1 atom stereocenters. The summed E-state index contributed by atoms with van der Waals surface area (Å²) in [4.78, 5) is 2.49. The zero-order valence-electron chi connectivity index (χ0n) is 9.34. The molecule has 0 aromatic heterocycles. The maximum Gasteiger partial charge on any atom is 0.0217 e. The van der Waals surface area contributed by atoms with Crippen molar-refractivity contribution < 1.29 is 0 Å². The van der Waals surface area contributed by atoms with E-state index in [1.807, 2.05) is 0 Å². The summed E-state index contributed by atoms with van der Waals surface area (Å²) >= 11 is 0. The Bertz CT molecular complexity index is 102. The summed E-state index contributed by atoms with van der Waals surface area (Å²) in [5.41, 5.74) is 5.42. The number of rotatable bonds is 8. The van der Waals surface area contributed by atoms with Crippen molar-refractivity contribution >= 4 is 0 Å². The number of nitrogens with one attached hydrogen (secondary N) is 1. The number of likely N-dealkylation sites (N-methyl/N-ethyl adjacent to an activating group) is 1. The van der Waals surface area contributed by atoms with Crippen LogP contribution in [0.5, 0.6) is 0 Å². The first kappa shape index (κ1) is 12.9. The highest BCUT2D eigenvalue weighted by atomic mass is 15.2. The second kappa shape index (κ2) is 8.48. The first-order valence-electron chi connectivity index (χ1n) is 5.44. The van der Waals surface area contributed by atoms with Gasteiger partial charge in [0.1, 0.15) is 0 Å². The fraction of sp³-hybridized carbons (Fsp3) is 1.00. The van der Waals surface area contributed by atoms with Gasteiger partial charge in [-0.25, -0.2) is 0 Å². The monoisotopic (exact) mass is 187 g/mol. The molecule has 0 aliphatic heterocycles. The third kappa shape index (κ3) is 5.24. The minimum absolute atomic E-state index is 0.668. The molecule has 0 bridgehead atoms. The van der Waals surface area contributed by atoms with Crippen molar-refractivity contribution in [1.29, 1.82) is 0 Å². The predicted octanol–water partition coefficient (Wildman–Crippen LogP) is 0.655. The van der Waals surface area contributed by atoms with Gasteiger partial charge in [-0.05, 0) is 19.5 Å². The second-order valence-corrected chi connectivity index (χ2v) is 3.28. The third-order valence-corrected chi connectivity index (χ3v) is 2.50. The van der Waals surface area contributed by atoms with Crippen molar-refractivity contribution in [2.24, 2.45) is 5.73 Å². The van der Waals surface area contributed by atoms with Crippen molar-refractivity contribution in [3.63, 3.8) is 0 Å². The Morgan fingerprint density at radius 2 is 1.85 bits per heavy atom. The molecule has 3 N–H and O–H groups in total. The Morgan fingerprint density at radius 1 is 1.23 bits per heavy atom. The van der Waals surface area contributed by atoms with Gasteiger partial charge in [-0.15, -0.1) is 0 Å². The molecule has 13 heavy (non-hydrogen) atoms. The van der Waals surface area contributed by atoms with Crippen LogP contribution in [0.25, 0.3) is 0 Å². The Balaban J connectivity index is 3.71. The molecule has 1 unspecified atom stereocenters. The van der Waals surface area contributed by atoms with Crippen LogP contribution in [-0.2, 0) is 0 Å². The lowest BCUT2D eigenvalue weighted by atomic mass is 10.2. The standard InChI is InChI=1S/C10H25N3/c1-4-10(9-12-8-7-11)13(5-2)6-3/h10,12H,4-9,11H2,1-3H3. The smallest absolute Gasteiger partial charge is 0.0217 e. The minimum atomic E-state index is 0.668. The molecule has 0 amide bonds. The fourth-order valence-electron chi connectivity index (χ4n) is 1.64. The largest absolute Gasteiger partial charge is 0.329 e. The van der Waals surface area contributed by atoms with Crippen LogP contribution in [0.1, 0.15) is 27.2 Å². The van der Waals surface area contributed by atoms with Gasteiger partial charge in [0, 0.05) is 25.7 Å². The molecule has 0 aromatic rings. The quantitative estimate of drug-likeness (QED) is 0.548. The van der Waals surface area contributed by atoms with Gasteiger partial charge in [-0.3, -0.25) is 4.90 Å². The zero-order chi connectivity index (χ0) is 10.1. The van der Waals surface area contributed by atoms with E-state index in [9.17, 15) is 0 Å². The molecule has 0 aliphatic rings. The van der Waals surface area contributed by atoms with Crippen molar-refractivity contribution in [3.8, 4) is 0 Å². The Hall–Kier alpha value is -0.120. The van der Waals surface area contributed by atoms with Crippen LogP contribution in [-0.4, -0.2) is 43.7 Å². The van der Waals surface area contributed by atoms with Gasteiger partial charge in [-0.2, -0.15) is 0 Å². The van der Waals surface area contributed by atoms with E-state index < -0.39 is 0 Å². The van der Waals surface area contributed by atoms with E-state index in [2.05, 4.69) is 31.0 Å². The van der Waals surface area contributed by atoms with Crippen molar-refractivity contribution in [2.45, 2.75) is 33.2 Å². The molecule has 0 aliphatic carbocycles. The topological polar surface area (TPSA) is 41.3 Å². The van der Waals surface area contributed by atoms with Crippen LogP contribution in [0.3, 0.4) is 0 Å². The summed E-state index contributed by atoms with van der Waals surface area (Å²) in [5, 5.41) is 3.37. The Labute approximate surface area is 82.7 Å². The zero-order valence-corrected chi connectivity index (χ0v) is 9.34. The molecule has 3 heteroatoms. The molecular formula is C10H25N3. The van der Waals surface area contributed by atoms with Gasteiger partial charge in [0.2, 0.25) is 0 Å². The van der Waals surface area contributed by atoms with Gasteiger partial charge in [0.05, 0.1) is 0 Å². The lowest BCUT2D eigenvalue weighted by Crippen LogP contribution is -2.42. The SMILES string of the molecule is CCC(CNCCN)N(CC)CC. The van der Waals surface area contributed by atoms with E-state index in [0.717, 1.165) is 32.7 Å². The first-order valence-corrected chi connectivity index (χ1v) is 5.44. The van der Waals surface area contributed by atoms with Crippen LogP contribution in [0.4, 0.5) is 0 Å². The molecule has 0 fully saturated rings. The maximum atomic E-state index is 5.42. The summed E-state index contributed by atoms with van der Waals surface area (Å²) in [6.07, 6.45) is 1.21. The maximum absolute atomic E-state index is 5.42. The Kier molecular flexibility index (Phi) is 8.40. The molecule has 0 radical (unpaired) electrons. The molecule has 0 saturated heterocycles. The van der Waals surface area contributed by atoms with Crippen molar-refractivity contribution in [3.05, 3.63) is 0 Å². The molecule has 0 saturated carbocycles. The summed E-state index contributed by atoms with van der Waals surface area (Å²) in [5.74, 6) is 0. The highest BCUT2D eigenvalue weighted by Crippen LogP contribution is 2.01. The van der Waals surface area contributed by atoms with Gasteiger partial charge < -0.3 is 11.1 Å². The van der Waals surface area contributed by atoms with Gasteiger partial charge in [-0.1, -0.05) is 20.8 Å². The fourth-order valence-corrected chi connectivity index (χ4v) is 1.64. The van der Waals surface area contributed by atoms with E-state index in [1.54, 1.807) is 0 Å². The molecule has 80 valence electrons. The van der Waals surface area contributed by atoms with E-state index >= 15 is 0 Å². The molecule has 0 heterocycles. The number of hydrogen-bond acceptors (Lipinski definition) is 3. The predicted molar refractivity (Wildman–Crippen MR) is 58.9 cm³/mol. The number of hydrogen-bond donors (Lipinski definition) is 2. The molecule has 0 aromatic carbocycles. The lowest BCUT2D eigenvalue weighted by Gasteiger charge is -2.28. The summed E-state index contributed by atoms with van der Waals surface area (Å²) in [6, 6.07) is 0.668. The minimum Gasteiger partial charge on any atom is -0.329 e. The van der Waals surface area contributed by atoms with Gasteiger partial charge in [0.15, 0.2) is 0 Å². The summed E-state index contributed by atoms with van der Waals surface area (Å²) in [6.45, 7) is 11.7. The highest BCUT2D eigenvalue weighted by molar-refractivity contribution is 4.70. The lowest BCUT2D eigenvalue weighted by molar-refractivity contribution is 0.206. The molecule has 0 spiro atoms. The van der Waals surface area contributed by atoms with E-state index in [4.69, 9.17) is 5.73 Å². The normalized spacial score (nSPS) is 13.6. The molecular weight excluding hydrogens is 162 g/mol. The van der Waals surface area contributed by atoms with Crippen LogP contribution >= 0.6 is 0 Å². The van der Waals surface area contributed by atoms with E-state index in [0.29, 0.717) is 6.04 Å². The summed E-state index contributed by atoms with van der Waals surface area (Å²) in [7, 11) is 0. The first-order chi connectivity index (χ1) is 6.29. The average molecular weight is 187 g/mol. The van der Waals surface area contributed by atoms with Crippen LogP contribution in [0.2, 0.25) is 0 Å². The average Bonchev–Trinajstić information content (AvgIpc) is 2.17. The Morgan fingerprint density at radius 3 is 2.23 bits per heavy atom. The van der Waals surface area contributed by atoms with E-state index in [1.165, 1.54) is 6.42 Å². The van der Waals surface area contributed by atoms with Crippen LogP contribution < -0.4 is 11.1 Å². The van der Waals surface area contributed by atoms with Crippen molar-refractivity contribution in [2.75, 3.05) is 32.7 Å². The van der Waals surface area contributed by atoms with Gasteiger partial charge >= 0.3 is 0 Å². The number of nitrogens with zero attached hydrogens (tertiary/aromatic N) is 1. The van der Waals surface area contributed by atoms with Crippen LogP contribution in [0.15, 0.2) is 0 Å². The molecule has 3 nitrogen and oxygen atoms in total. The third-order valence-electron chi connectivity index (χ3n) is 2.50.